The van der Waals surface area contributed by atoms with Gasteiger partial charge in [-0.1, -0.05) is 6.92 Å². The lowest BCUT2D eigenvalue weighted by atomic mass is 10.1. The fourth-order valence-electron chi connectivity index (χ4n) is 1.06. The maximum atomic E-state index is 4.17. The third-order valence-corrected chi connectivity index (χ3v) is 2.04. The summed E-state index contributed by atoms with van der Waals surface area (Å²) >= 11 is 0. The average molecular weight is 214 g/mol. The molecule has 2 N–H and O–H groups in total. The first-order valence-corrected chi connectivity index (χ1v) is 5.56. The summed E-state index contributed by atoms with van der Waals surface area (Å²) in [7, 11) is 3.91. The van der Waals surface area contributed by atoms with Gasteiger partial charge in [0, 0.05) is 25.7 Å². The molecule has 0 aliphatic carbocycles. The number of rotatable bonds is 4. The molecular formula is C11H26N4. The van der Waals surface area contributed by atoms with Gasteiger partial charge in [-0.3, -0.25) is 4.99 Å². The van der Waals surface area contributed by atoms with Crippen LogP contribution in [0.1, 0.15) is 27.7 Å². The van der Waals surface area contributed by atoms with E-state index in [-0.39, 0.29) is 5.54 Å². The molecule has 0 aliphatic heterocycles. The van der Waals surface area contributed by atoms with Crippen LogP contribution in [-0.4, -0.2) is 50.1 Å². The van der Waals surface area contributed by atoms with Crippen LogP contribution in [0, 0.1) is 0 Å². The van der Waals surface area contributed by atoms with Crippen LogP contribution in [0.3, 0.4) is 0 Å². The van der Waals surface area contributed by atoms with Gasteiger partial charge in [0.1, 0.15) is 0 Å². The molecular weight excluding hydrogens is 188 g/mol. The summed E-state index contributed by atoms with van der Waals surface area (Å²) in [5, 5.41) is 6.61. The maximum absolute atomic E-state index is 4.17. The number of hydrogen-bond acceptors (Lipinski definition) is 2. The smallest absolute Gasteiger partial charge is 0.191 e. The number of nitrogens with one attached hydrogen (secondary N) is 2. The molecule has 0 aliphatic rings. The van der Waals surface area contributed by atoms with Gasteiger partial charge in [-0.15, -0.1) is 0 Å². The Morgan fingerprint density at radius 3 is 2.33 bits per heavy atom. The Balaban J connectivity index is 3.83. The van der Waals surface area contributed by atoms with Gasteiger partial charge in [0.25, 0.3) is 0 Å². The SMILES string of the molecule is CCN(C)CCNC(=NC)NC(C)(C)C. The third kappa shape index (κ3) is 8.24. The van der Waals surface area contributed by atoms with Crippen LogP contribution >= 0.6 is 0 Å². The van der Waals surface area contributed by atoms with Gasteiger partial charge in [-0.05, 0) is 34.4 Å². The highest BCUT2D eigenvalue weighted by Gasteiger charge is 2.11. The van der Waals surface area contributed by atoms with Crippen LogP contribution in [0.15, 0.2) is 4.99 Å². The van der Waals surface area contributed by atoms with Crippen molar-refractivity contribution in [3.63, 3.8) is 0 Å². The van der Waals surface area contributed by atoms with E-state index in [0.717, 1.165) is 25.6 Å². The molecule has 0 heterocycles. The Labute approximate surface area is 94.1 Å². The van der Waals surface area contributed by atoms with Gasteiger partial charge in [-0.2, -0.15) is 0 Å². The predicted molar refractivity (Wildman–Crippen MR) is 67.4 cm³/mol. The van der Waals surface area contributed by atoms with Crippen molar-refractivity contribution in [2.24, 2.45) is 4.99 Å². The lowest BCUT2D eigenvalue weighted by Gasteiger charge is -2.24. The molecule has 0 rings (SSSR count). The zero-order valence-corrected chi connectivity index (χ0v) is 11.0. The van der Waals surface area contributed by atoms with E-state index in [1.807, 2.05) is 0 Å². The summed E-state index contributed by atoms with van der Waals surface area (Å²) in [5.41, 5.74) is 0.0541. The molecule has 0 unspecified atom stereocenters. The molecule has 0 bridgehead atoms. The number of nitrogens with zero attached hydrogens (tertiary/aromatic N) is 2. The molecule has 0 aromatic rings. The van der Waals surface area contributed by atoms with Crippen LogP contribution in [0.2, 0.25) is 0 Å². The topological polar surface area (TPSA) is 39.7 Å². The Morgan fingerprint density at radius 2 is 1.93 bits per heavy atom. The van der Waals surface area contributed by atoms with Crippen molar-refractivity contribution in [1.82, 2.24) is 15.5 Å². The van der Waals surface area contributed by atoms with Crippen molar-refractivity contribution < 1.29 is 0 Å². The van der Waals surface area contributed by atoms with Gasteiger partial charge in [-0.25, -0.2) is 0 Å². The van der Waals surface area contributed by atoms with Crippen LogP contribution in [0.4, 0.5) is 0 Å². The van der Waals surface area contributed by atoms with Crippen molar-refractivity contribution in [2.75, 3.05) is 33.7 Å². The first kappa shape index (κ1) is 14.2. The quantitative estimate of drug-likeness (QED) is 0.539. The normalized spacial score (nSPS) is 13.1. The largest absolute Gasteiger partial charge is 0.355 e. The predicted octanol–water partition coefficient (Wildman–Crippen LogP) is 0.902. The summed E-state index contributed by atoms with van der Waals surface area (Å²) in [4.78, 5) is 6.43. The molecule has 4 nitrogen and oxygen atoms in total. The Hall–Kier alpha value is -0.770. The second kappa shape index (κ2) is 6.67. The molecule has 0 saturated carbocycles. The molecule has 15 heavy (non-hydrogen) atoms. The first-order valence-electron chi connectivity index (χ1n) is 5.56. The fourth-order valence-corrected chi connectivity index (χ4v) is 1.06. The van der Waals surface area contributed by atoms with E-state index in [9.17, 15) is 0 Å². The van der Waals surface area contributed by atoms with Crippen LogP contribution in [0.25, 0.3) is 0 Å². The Morgan fingerprint density at radius 1 is 1.33 bits per heavy atom. The number of aliphatic imine (C=N–C) groups is 1. The van der Waals surface area contributed by atoms with E-state index >= 15 is 0 Å². The highest BCUT2D eigenvalue weighted by molar-refractivity contribution is 5.80. The molecule has 0 aromatic carbocycles. The van der Waals surface area contributed by atoms with Crippen molar-refractivity contribution in [3.05, 3.63) is 0 Å². The summed E-state index contributed by atoms with van der Waals surface area (Å²) in [6.07, 6.45) is 0. The standard InChI is InChI=1S/C11H26N4/c1-7-15(6)9-8-13-10(12-5)14-11(2,3)4/h7-9H2,1-6H3,(H2,12,13,14). The summed E-state index contributed by atoms with van der Waals surface area (Å²) in [6, 6.07) is 0. The summed E-state index contributed by atoms with van der Waals surface area (Å²) < 4.78 is 0. The van der Waals surface area contributed by atoms with Crippen LogP contribution < -0.4 is 10.6 Å². The van der Waals surface area contributed by atoms with Crippen molar-refractivity contribution in [2.45, 2.75) is 33.2 Å². The van der Waals surface area contributed by atoms with E-state index in [1.165, 1.54) is 0 Å². The molecule has 90 valence electrons. The van der Waals surface area contributed by atoms with Gasteiger partial charge < -0.3 is 15.5 Å². The van der Waals surface area contributed by atoms with E-state index in [0.29, 0.717) is 0 Å². The Bertz CT molecular complexity index is 193. The van der Waals surface area contributed by atoms with Crippen LogP contribution in [-0.2, 0) is 0 Å². The number of likely N-dealkylation sites (N-methyl/N-ethyl adjacent to an activating group) is 1. The molecule has 0 saturated heterocycles. The van der Waals surface area contributed by atoms with E-state index in [2.05, 4.69) is 55.3 Å². The highest BCUT2D eigenvalue weighted by Crippen LogP contribution is 1.97. The minimum Gasteiger partial charge on any atom is -0.355 e. The lowest BCUT2D eigenvalue weighted by molar-refractivity contribution is 0.356. The van der Waals surface area contributed by atoms with Gasteiger partial charge in [0.2, 0.25) is 0 Å². The average Bonchev–Trinajstić information content (AvgIpc) is 2.14. The Kier molecular flexibility index (Phi) is 6.32. The van der Waals surface area contributed by atoms with E-state index in [1.54, 1.807) is 7.05 Å². The second-order valence-corrected chi connectivity index (χ2v) is 4.77. The molecule has 0 spiro atoms. The first-order chi connectivity index (χ1) is 6.89. The molecule has 0 fully saturated rings. The minimum atomic E-state index is 0.0541. The van der Waals surface area contributed by atoms with Crippen molar-refractivity contribution in [1.29, 1.82) is 0 Å². The van der Waals surface area contributed by atoms with Crippen molar-refractivity contribution in [3.8, 4) is 0 Å². The van der Waals surface area contributed by atoms with Gasteiger partial charge >= 0.3 is 0 Å². The monoisotopic (exact) mass is 214 g/mol. The molecule has 0 atom stereocenters. The third-order valence-electron chi connectivity index (χ3n) is 2.04. The lowest BCUT2D eigenvalue weighted by Crippen LogP contribution is -2.48. The maximum Gasteiger partial charge on any atom is 0.191 e. The molecule has 4 heteroatoms. The van der Waals surface area contributed by atoms with Crippen LogP contribution in [0.5, 0.6) is 0 Å². The van der Waals surface area contributed by atoms with Crippen molar-refractivity contribution >= 4 is 5.96 Å². The number of hydrogen-bond donors (Lipinski definition) is 2. The van der Waals surface area contributed by atoms with E-state index in [4.69, 9.17) is 0 Å². The highest BCUT2D eigenvalue weighted by atomic mass is 15.2. The zero-order valence-electron chi connectivity index (χ0n) is 11.0. The van der Waals surface area contributed by atoms with Gasteiger partial charge in [0.15, 0.2) is 5.96 Å². The summed E-state index contributed by atoms with van der Waals surface area (Å²) in [6.45, 7) is 11.5. The van der Waals surface area contributed by atoms with Gasteiger partial charge in [0.05, 0.1) is 0 Å². The molecule has 0 amide bonds. The number of guanidine groups is 1. The molecule has 0 aromatic heterocycles. The van der Waals surface area contributed by atoms with E-state index < -0.39 is 0 Å². The summed E-state index contributed by atoms with van der Waals surface area (Å²) in [5.74, 6) is 0.868. The zero-order chi connectivity index (χ0) is 11.9. The second-order valence-electron chi connectivity index (χ2n) is 4.77. The molecule has 0 radical (unpaired) electrons. The minimum absolute atomic E-state index is 0.0541. The fraction of sp³-hybridized carbons (Fsp3) is 0.909.